The first-order valence-electron chi connectivity index (χ1n) is 3.00. The van der Waals surface area contributed by atoms with Crippen LogP contribution in [0.15, 0.2) is 16.9 Å². The van der Waals surface area contributed by atoms with Crippen LogP contribution in [0, 0.1) is 0 Å². The van der Waals surface area contributed by atoms with E-state index >= 15 is 0 Å². The second kappa shape index (κ2) is 5.66. The number of hydrazone groups is 1. The number of rotatable bonds is 1. The molecule has 0 saturated carbocycles. The fourth-order valence-electron chi connectivity index (χ4n) is 0.677. The van der Waals surface area contributed by atoms with Gasteiger partial charge in [0.15, 0.2) is 0 Å². The Kier molecular flexibility index (Phi) is 5.69. The van der Waals surface area contributed by atoms with Crippen molar-refractivity contribution >= 4 is 47.2 Å². The Balaban J connectivity index is 0.00000121. The van der Waals surface area contributed by atoms with Crippen molar-refractivity contribution in [2.24, 2.45) is 5.10 Å². The van der Waals surface area contributed by atoms with Crippen LogP contribution in [0.5, 0.6) is 0 Å². The minimum atomic E-state index is 0. The summed E-state index contributed by atoms with van der Waals surface area (Å²) in [6.07, 6.45) is 1.75. The molecular formula is C5H9ClN4NaO. The molecule has 0 aromatic heterocycles. The SMILES string of the molecule is COC1=NN(NCl)NC(C)=C1.[Na]. The smallest absolute Gasteiger partial charge is 0.236 e. The van der Waals surface area contributed by atoms with Crippen molar-refractivity contribution in [1.29, 1.82) is 0 Å². The van der Waals surface area contributed by atoms with Gasteiger partial charge in [0.1, 0.15) is 0 Å². The average Bonchev–Trinajstić information content (AvgIpc) is 2.03. The number of halogens is 1. The number of ether oxygens (including phenoxy) is 1. The minimum absolute atomic E-state index is 0. The number of hydrazine groups is 2. The molecule has 0 aliphatic carbocycles. The fourth-order valence-corrected chi connectivity index (χ4v) is 0.757. The molecule has 1 radical (unpaired) electrons. The van der Waals surface area contributed by atoms with Crippen LogP contribution < -0.4 is 10.4 Å². The second-order valence-electron chi connectivity index (χ2n) is 1.98. The van der Waals surface area contributed by atoms with E-state index in [4.69, 9.17) is 16.5 Å². The van der Waals surface area contributed by atoms with Gasteiger partial charge >= 0.3 is 0 Å². The number of nitrogens with one attached hydrogen (secondary N) is 2. The van der Waals surface area contributed by atoms with Gasteiger partial charge in [-0.15, -0.1) is 15.3 Å². The Labute approximate surface area is 98.1 Å². The maximum atomic E-state index is 5.29. The zero-order chi connectivity index (χ0) is 8.27. The van der Waals surface area contributed by atoms with E-state index in [1.54, 1.807) is 13.2 Å². The van der Waals surface area contributed by atoms with Gasteiger partial charge in [-0.2, -0.15) is 0 Å². The third-order valence-corrected chi connectivity index (χ3v) is 1.27. The van der Waals surface area contributed by atoms with Crippen LogP contribution in [0.25, 0.3) is 0 Å². The summed E-state index contributed by atoms with van der Waals surface area (Å²) in [5.41, 5.74) is 3.71. The van der Waals surface area contributed by atoms with Crippen molar-refractivity contribution in [3.63, 3.8) is 0 Å². The van der Waals surface area contributed by atoms with Crippen molar-refractivity contribution in [3.05, 3.63) is 11.8 Å². The van der Waals surface area contributed by atoms with Gasteiger partial charge in [-0.05, 0) is 18.7 Å². The van der Waals surface area contributed by atoms with E-state index in [-0.39, 0.29) is 29.6 Å². The molecule has 0 fully saturated rings. The number of methoxy groups -OCH3 is 1. The molecule has 0 saturated heterocycles. The summed E-state index contributed by atoms with van der Waals surface area (Å²) in [5.74, 6) is 0.495. The molecule has 1 aliphatic heterocycles. The zero-order valence-corrected chi connectivity index (χ0v) is 10.0. The van der Waals surface area contributed by atoms with Crippen molar-refractivity contribution in [1.82, 2.24) is 15.6 Å². The van der Waals surface area contributed by atoms with Gasteiger partial charge in [0.25, 0.3) is 0 Å². The molecule has 1 heterocycles. The minimum Gasteiger partial charge on any atom is -0.480 e. The molecule has 63 valence electrons. The monoisotopic (exact) mass is 199 g/mol. The Morgan fingerprint density at radius 2 is 2.42 bits per heavy atom. The zero-order valence-electron chi connectivity index (χ0n) is 7.26. The van der Waals surface area contributed by atoms with E-state index in [1.807, 2.05) is 6.92 Å². The summed E-state index contributed by atoms with van der Waals surface area (Å²) < 4.78 is 4.89. The van der Waals surface area contributed by atoms with Crippen LogP contribution in [-0.2, 0) is 4.74 Å². The maximum Gasteiger partial charge on any atom is 0.236 e. The molecule has 12 heavy (non-hydrogen) atoms. The summed E-state index contributed by atoms with van der Waals surface area (Å²) in [7, 11) is 1.54. The van der Waals surface area contributed by atoms with Crippen LogP contribution in [-0.4, -0.2) is 47.8 Å². The molecule has 0 aromatic rings. The van der Waals surface area contributed by atoms with Gasteiger partial charge in [0.05, 0.1) is 7.11 Å². The Hall–Kier alpha value is 0.0600. The first-order chi connectivity index (χ1) is 5.26. The van der Waals surface area contributed by atoms with Crippen LogP contribution in [0.3, 0.4) is 0 Å². The standard InChI is InChI=1S/C5H9ClN4O.Na/c1-4-3-5(11-2)8-10(7-4)9-6;/h3,7,9H,1-2H3;. The summed E-state index contributed by atoms with van der Waals surface area (Å²) in [6.45, 7) is 1.87. The first-order valence-corrected chi connectivity index (χ1v) is 3.38. The number of nitrogens with zero attached hydrogens (tertiary/aromatic N) is 2. The van der Waals surface area contributed by atoms with E-state index in [2.05, 4.69) is 15.5 Å². The molecule has 1 aliphatic rings. The topological polar surface area (TPSA) is 48.9 Å². The molecule has 5 nitrogen and oxygen atoms in total. The molecule has 2 N–H and O–H groups in total. The van der Waals surface area contributed by atoms with E-state index in [0.717, 1.165) is 5.70 Å². The molecule has 1 rings (SSSR count). The molecule has 0 bridgehead atoms. The van der Waals surface area contributed by atoms with Crippen LogP contribution in [0.2, 0.25) is 0 Å². The third-order valence-electron chi connectivity index (χ3n) is 1.11. The van der Waals surface area contributed by atoms with E-state index in [1.165, 1.54) is 5.23 Å². The van der Waals surface area contributed by atoms with Gasteiger partial charge in [0.2, 0.25) is 5.90 Å². The van der Waals surface area contributed by atoms with Crippen molar-refractivity contribution in [3.8, 4) is 0 Å². The maximum absolute atomic E-state index is 5.29. The Bertz CT molecular complexity index is 208. The summed E-state index contributed by atoms with van der Waals surface area (Å²) in [5, 5.41) is 5.11. The summed E-state index contributed by atoms with van der Waals surface area (Å²) in [4.78, 5) is 2.28. The van der Waals surface area contributed by atoms with Crippen LogP contribution >= 0.6 is 11.8 Å². The molecule has 0 spiro atoms. The molecular weight excluding hydrogens is 191 g/mol. The molecule has 7 heteroatoms. The first kappa shape index (κ1) is 12.1. The Morgan fingerprint density at radius 1 is 1.75 bits per heavy atom. The molecule has 0 unspecified atom stereocenters. The third kappa shape index (κ3) is 3.20. The summed E-state index contributed by atoms with van der Waals surface area (Å²) in [6, 6.07) is 0. The Morgan fingerprint density at radius 3 is 2.92 bits per heavy atom. The number of hydrogen-bond acceptors (Lipinski definition) is 5. The van der Waals surface area contributed by atoms with Crippen molar-refractivity contribution in [2.75, 3.05) is 7.11 Å². The van der Waals surface area contributed by atoms with Gasteiger partial charge in [-0.1, -0.05) is 0 Å². The van der Waals surface area contributed by atoms with Gasteiger partial charge in [-0.3, -0.25) is 5.43 Å². The predicted molar refractivity (Wildman–Crippen MR) is 47.9 cm³/mol. The largest absolute Gasteiger partial charge is 0.480 e. The van der Waals surface area contributed by atoms with Crippen molar-refractivity contribution < 1.29 is 4.74 Å². The van der Waals surface area contributed by atoms with Crippen LogP contribution in [0.4, 0.5) is 0 Å². The van der Waals surface area contributed by atoms with Crippen molar-refractivity contribution in [2.45, 2.75) is 6.92 Å². The molecule has 0 atom stereocenters. The average molecular weight is 200 g/mol. The normalized spacial score (nSPS) is 15.4. The predicted octanol–water partition coefficient (Wildman–Crippen LogP) is -0.0521. The quantitative estimate of drug-likeness (QED) is 0.459. The van der Waals surface area contributed by atoms with E-state index in [9.17, 15) is 0 Å². The van der Waals surface area contributed by atoms with Gasteiger partial charge in [-0.25, -0.2) is 0 Å². The van der Waals surface area contributed by atoms with Gasteiger partial charge < -0.3 is 4.74 Å². The summed E-state index contributed by atoms with van der Waals surface area (Å²) >= 11 is 5.29. The van der Waals surface area contributed by atoms with E-state index < -0.39 is 0 Å². The van der Waals surface area contributed by atoms with Gasteiger partial charge in [0, 0.05) is 41.3 Å². The van der Waals surface area contributed by atoms with Crippen LogP contribution in [0.1, 0.15) is 6.92 Å². The molecule has 0 aromatic carbocycles. The molecule has 0 amide bonds. The van der Waals surface area contributed by atoms with E-state index in [0.29, 0.717) is 5.90 Å². The number of allylic oxidation sites excluding steroid dienone is 1. The second-order valence-corrected chi connectivity index (χ2v) is 2.15. The fraction of sp³-hybridized carbons (Fsp3) is 0.400. The number of hydrogen-bond donors (Lipinski definition) is 2.